The van der Waals surface area contributed by atoms with Crippen molar-refractivity contribution in [2.45, 2.75) is 26.1 Å². The third-order valence-electron chi connectivity index (χ3n) is 5.58. The molecule has 0 radical (unpaired) electrons. The van der Waals surface area contributed by atoms with Crippen molar-refractivity contribution in [3.63, 3.8) is 0 Å². The van der Waals surface area contributed by atoms with E-state index in [-0.39, 0.29) is 0 Å². The molecule has 150 valence electrons. The van der Waals surface area contributed by atoms with Crippen LogP contribution in [0.5, 0.6) is 0 Å². The van der Waals surface area contributed by atoms with Gasteiger partial charge in [-0.25, -0.2) is 0 Å². The van der Waals surface area contributed by atoms with Gasteiger partial charge in [0.15, 0.2) is 0 Å². The molecule has 30 heavy (non-hydrogen) atoms. The van der Waals surface area contributed by atoms with Crippen LogP contribution in [0.25, 0.3) is 11.1 Å². The number of hydrogen-bond donors (Lipinski definition) is 2. The van der Waals surface area contributed by atoms with Gasteiger partial charge in [0, 0.05) is 0 Å². The Morgan fingerprint density at radius 1 is 0.533 bits per heavy atom. The fourth-order valence-corrected chi connectivity index (χ4v) is 3.88. The lowest BCUT2D eigenvalue weighted by atomic mass is 9.93. The first kappa shape index (κ1) is 20.1. The summed E-state index contributed by atoms with van der Waals surface area (Å²) in [6, 6.07) is 31.8. The van der Waals surface area contributed by atoms with Crippen LogP contribution in [0.3, 0.4) is 0 Å². The minimum absolute atomic E-state index is 0.674. The SMILES string of the molecule is Cc1cccc(C(O)c2cccc(-c3cccc(C(O)c4ccccc4C)c3)c2)c1. The Hall–Kier alpha value is -3.20. The molecule has 4 aromatic rings. The normalized spacial score (nSPS) is 13.1. The molecule has 2 unspecified atom stereocenters. The quantitative estimate of drug-likeness (QED) is 0.427. The van der Waals surface area contributed by atoms with Crippen LogP contribution in [0, 0.1) is 13.8 Å². The van der Waals surface area contributed by atoms with Gasteiger partial charge in [0.2, 0.25) is 0 Å². The van der Waals surface area contributed by atoms with E-state index in [9.17, 15) is 10.2 Å². The molecule has 0 aliphatic carbocycles. The Labute approximate surface area is 178 Å². The number of rotatable bonds is 5. The summed E-state index contributed by atoms with van der Waals surface area (Å²) in [6.45, 7) is 4.04. The summed E-state index contributed by atoms with van der Waals surface area (Å²) in [7, 11) is 0. The fraction of sp³-hybridized carbons (Fsp3) is 0.143. The van der Waals surface area contributed by atoms with Crippen LogP contribution in [0.4, 0.5) is 0 Å². The van der Waals surface area contributed by atoms with Crippen LogP contribution < -0.4 is 0 Å². The predicted octanol–water partition coefficient (Wildman–Crippen LogP) is 6.13. The molecule has 0 aliphatic rings. The van der Waals surface area contributed by atoms with Gasteiger partial charge in [-0.15, -0.1) is 0 Å². The Bertz CT molecular complexity index is 1160. The van der Waals surface area contributed by atoms with E-state index in [1.54, 1.807) is 0 Å². The summed E-state index contributed by atoms with van der Waals surface area (Å²) in [5.41, 5.74) is 7.72. The van der Waals surface area contributed by atoms with Crippen LogP contribution in [0.2, 0.25) is 0 Å². The molecular weight excluding hydrogens is 368 g/mol. The molecule has 4 aromatic carbocycles. The molecule has 0 saturated heterocycles. The molecule has 0 aromatic heterocycles. The van der Waals surface area contributed by atoms with Crippen LogP contribution >= 0.6 is 0 Å². The van der Waals surface area contributed by atoms with E-state index in [4.69, 9.17) is 0 Å². The van der Waals surface area contributed by atoms with E-state index in [2.05, 4.69) is 0 Å². The highest BCUT2D eigenvalue weighted by molar-refractivity contribution is 5.65. The third-order valence-corrected chi connectivity index (χ3v) is 5.58. The van der Waals surface area contributed by atoms with Gasteiger partial charge in [0.25, 0.3) is 0 Å². The van der Waals surface area contributed by atoms with Gasteiger partial charge >= 0.3 is 0 Å². The average molecular weight is 395 g/mol. The van der Waals surface area contributed by atoms with Crippen LogP contribution in [0.15, 0.2) is 97.1 Å². The Morgan fingerprint density at radius 2 is 1.07 bits per heavy atom. The highest BCUT2D eigenvalue weighted by Crippen LogP contribution is 2.31. The summed E-state index contributed by atoms with van der Waals surface area (Å²) in [6.07, 6.45) is -1.35. The molecule has 2 N–H and O–H groups in total. The summed E-state index contributed by atoms with van der Waals surface area (Å²) in [5.74, 6) is 0. The van der Waals surface area contributed by atoms with Gasteiger partial charge in [-0.05, 0) is 64.9 Å². The molecule has 0 heterocycles. The van der Waals surface area contributed by atoms with Crippen LogP contribution in [0.1, 0.15) is 45.6 Å². The Kier molecular flexibility index (Phi) is 5.80. The second-order valence-electron chi connectivity index (χ2n) is 7.83. The number of aliphatic hydroxyl groups is 2. The molecule has 2 heteroatoms. The maximum Gasteiger partial charge on any atom is 0.104 e. The summed E-state index contributed by atoms with van der Waals surface area (Å²) in [5, 5.41) is 21.8. The molecule has 0 bridgehead atoms. The lowest BCUT2D eigenvalue weighted by molar-refractivity contribution is 0.219. The van der Waals surface area contributed by atoms with Crippen molar-refractivity contribution in [3.8, 4) is 11.1 Å². The van der Waals surface area contributed by atoms with Gasteiger partial charge in [-0.3, -0.25) is 0 Å². The molecule has 0 saturated carbocycles. The van der Waals surface area contributed by atoms with E-state index < -0.39 is 12.2 Å². The van der Waals surface area contributed by atoms with E-state index >= 15 is 0 Å². The zero-order valence-electron chi connectivity index (χ0n) is 17.3. The maximum absolute atomic E-state index is 10.9. The van der Waals surface area contributed by atoms with E-state index in [1.807, 2.05) is 111 Å². The van der Waals surface area contributed by atoms with Crippen molar-refractivity contribution < 1.29 is 10.2 Å². The number of benzene rings is 4. The minimum Gasteiger partial charge on any atom is -0.384 e. The molecule has 2 atom stereocenters. The lowest BCUT2D eigenvalue weighted by Crippen LogP contribution is -2.02. The first-order valence-corrected chi connectivity index (χ1v) is 10.2. The summed E-state index contributed by atoms with van der Waals surface area (Å²) in [4.78, 5) is 0. The van der Waals surface area contributed by atoms with Gasteiger partial charge in [0.05, 0.1) is 0 Å². The smallest absolute Gasteiger partial charge is 0.104 e. The van der Waals surface area contributed by atoms with Crippen molar-refractivity contribution >= 4 is 0 Å². The first-order valence-electron chi connectivity index (χ1n) is 10.2. The van der Waals surface area contributed by atoms with Gasteiger partial charge in [-0.1, -0.05) is 90.5 Å². The maximum atomic E-state index is 10.9. The second-order valence-corrected chi connectivity index (χ2v) is 7.83. The molecule has 4 rings (SSSR count). The van der Waals surface area contributed by atoms with Gasteiger partial charge in [-0.2, -0.15) is 0 Å². The molecule has 0 amide bonds. The van der Waals surface area contributed by atoms with E-state index in [0.717, 1.165) is 44.5 Å². The highest BCUT2D eigenvalue weighted by Gasteiger charge is 2.15. The largest absolute Gasteiger partial charge is 0.384 e. The predicted molar refractivity (Wildman–Crippen MR) is 122 cm³/mol. The van der Waals surface area contributed by atoms with Crippen LogP contribution in [-0.4, -0.2) is 10.2 Å². The molecular formula is C28H26O2. The summed E-state index contributed by atoms with van der Waals surface area (Å²) < 4.78 is 0. The van der Waals surface area contributed by atoms with Crippen molar-refractivity contribution in [1.82, 2.24) is 0 Å². The zero-order valence-corrected chi connectivity index (χ0v) is 17.3. The number of aryl methyl sites for hydroxylation is 2. The van der Waals surface area contributed by atoms with Crippen LogP contribution in [-0.2, 0) is 0 Å². The third kappa shape index (κ3) is 4.20. The first-order chi connectivity index (χ1) is 14.5. The number of aliphatic hydroxyl groups excluding tert-OH is 2. The van der Waals surface area contributed by atoms with E-state index in [1.165, 1.54) is 0 Å². The molecule has 0 aliphatic heterocycles. The van der Waals surface area contributed by atoms with Crippen molar-refractivity contribution in [2.24, 2.45) is 0 Å². The average Bonchev–Trinajstić information content (AvgIpc) is 2.78. The molecule has 0 spiro atoms. The number of hydrogen-bond acceptors (Lipinski definition) is 2. The Morgan fingerprint density at radius 3 is 1.67 bits per heavy atom. The van der Waals surface area contributed by atoms with Crippen molar-refractivity contribution in [2.75, 3.05) is 0 Å². The van der Waals surface area contributed by atoms with Crippen molar-refractivity contribution in [3.05, 3.63) is 130 Å². The monoisotopic (exact) mass is 394 g/mol. The lowest BCUT2D eigenvalue weighted by Gasteiger charge is -2.16. The molecule has 2 nitrogen and oxygen atoms in total. The second kappa shape index (κ2) is 8.66. The standard InChI is InChI=1S/C28H26O2/c1-19-8-5-12-23(16-19)27(29)24-13-6-10-21(17-24)22-11-7-14-25(18-22)28(30)26-15-4-3-9-20(26)2/h3-18,27-30H,1-2H3. The molecule has 0 fully saturated rings. The van der Waals surface area contributed by atoms with Crippen molar-refractivity contribution in [1.29, 1.82) is 0 Å². The highest BCUT2D eigenvalue weighted by atomic mass is 16.3. The van der Waals surface area contributed by atoms with Gasteiger partial charge in [0.1, 0.15) is 12.2 Å². The zero-order chi connectivity index (χ0) is 21.1. The summed E-state index contributed by atoms with van der Waals surface area (Å²) >= 11 is 0. The topological polar surface area (TPSA) is 40.5 Å². The van der Waals surface area contributed by atoms with E-state index in [0.29, 0.717) is 0 Å². The minimum atomic E-state index is -0.675. The fourth-order valence-electron chi connectivity index (χ4n) is 3.88. The Balaban J connectivity index is 1.66. The van der Waals surface area contributed by atoms with Gasteiger partial charge < -0.3 is 10.2 Å².